The zero-order valence-corrected chi connectivity index (χ0v) is 10.8. The van der Waals surface area contributed by atoms with E-state index >= 15 is 0 Å². The summed E-state index contributed by atoms with van der Waals surface area (Å²) in [5, 5.41) is 18.4. The van der Waals surface area contributed by atoms with E-state index in [1.807, 2.05) is 0 Å². The molecule has 2 rings (SSSR count). The molecule has 0 atom stereocenters. The van der Waals surface area contributed by atoms with Gasteiger partial charge < -0.3 is 15.1 Å². The van der Waals surface area contributed by atoms with Crippen molar-refractivity contribution in [3.63, 3.8) is 0 Å². The van der Waals surface area contributed by atoms with E-state index in [0.717, 1.165) is 0 Å². The van der Waals surface area contributed by atoms with E-state index in [4.69, 9.17) is 0 Å². The van der Waals surface area contributed by atoms with Gasteiger partial charge in [0, 0.05) is 7.05 Å². The molecule has 2 aromatic rings. The number of aromatic carboxylic acids is 2. The molecule has 0 amide bonds. The summed E-state index contributed by atoms with van der Waals surface area (Å²) in [5.74, 6) is -2.11. The maximum absolute atomic E-state index is 11.2. The van der Waals surface area contributed by atoms with Crippen LogP contribution in [-0.2, 0) is 0 Å². The zero-order valence-electron chi connectivity index (χ0n) is 10.8. The molecular weight excluding hydrogens is 258 g/mol. The fraction of sp³-hybridized carbons (Fsp3) is 0.0667. The predicted octanol–water partition coefficient (Wildman–Crippen LogP) is 2.85. The number of carbonyl (C=O) groups is 2. The molecule has 0 saturated heterocycles. The average Bonchev–Trinajstić information content (AvgIpc) is 2.46. The van der Waals surface area contributed by atoms with Crippen molar-refractivity contribution in [2.75, 3.05) is 11.9 Å². The minimum atomic E-state index is -1.06. The van der Waals surface area contributed by atoms with E-state index in [-0.39, 0.29) is 11.1 Å². The molecule has 0 fully saturated rings. The molecule has 0 aliphatic carbocycles. The average molecular weight is 271 g/mol. The van der Waals surface area contributed by atoms with Crippen molar-refractivity contribution in [2.24, 2.45) is 0 Å². The summed E-state index contributed by atoms with van der Waals surface area (Å²) in [6.45, 7) is 0. The van der Waals surface area contributed by atoms with E-state index in [9.17, 15) is 19.8 Å². The van der Waals surface area contributed by atoms with Crippen molar-refractivity contribution >= 4 is 23.3 Å². The van der Waals surface area contributed by atoms with Crippen LogP contribution in [0.3, 0.4) is 0 Å². The minimum Gasteiger partial charge on any atom is -0.478 e. The van der Waals surface area contributed by atoms with Crippen molar-refractivity contribution in [3.05, 3.63) is 59.7 Å². The highest BCUT2D eigenvalue weighted by molar-refractivity contribution is 5.99. The van der Waals surface area contributed by atoms with Crippen LogP contribution < -0.4 is 4.90 Å². The van der Waals surface area contributed by atoms with Gasteiger partial charge >= 0.3 is 11.9 Å². The maximum atomic E-state index is 11.2. The van der Waals surface area contributed by atoms with Gasteiger partial charge in [-0.2, -0.15) is 0 Å². The molecule has 2 aromatic carbocycles. The van der Waals surface area contributed by atoms with Crippen LogP contribution in [0.2, 0.25) is 0 Å². The van der Waals surface area contributed by atoms with E-state index < -0.39 is 11.9 Å². The summed E-state index contributed by atoms with van der Waals surface area (Å²) in [6, 6.07) is 12.9. The second kappa shape index (κ2) is 5.44. The molecular formula is C15H13NO4. The molecule has 5 heteroatoms. The maximum Gasteiger partial charge on any atom is 0.337 e. The van der Waals surface area contributed by atoms with Gasteiger partial charge in [0.15, 0.2) is 0 Å². The van der Waals surface area contributed by atoms with Gasteiger partial charge in [-0.3, -0.25) is 0 Å². The highest BCUT2D eigenvalue weighted by Gasteiger charge is 2.18. The van der Waals surface area contributed by atoms with Crippen molar-refractivity contribution in [3.8, 4) is 0 Å². The lowest BCUT2D eigenvalue weighted by molar-refractivity contribution is 0.0688. The number of nitrogens with zero attached hydrogens (tertiary/aromatic N) is 1. The van der Waals surface area contributed by atoms with Crippen LogP contribution in [0, 0.1) is 0 Å². The Bertz CT molecular complexity index is 609. The van der Waals surface area contributed by atoms with Crippen LogP contribution in [0.4, 0.5) is 11.4 Å². The molecule has 0 heterocycles. The summed E-state index contributed by atoms with van der Waals surface area (Å²) >= 11 is 0. The molecule has 2 N–H and O–H groups in total. The van der Waals surface area contributed by atoms with Crippen LogP contribution in [0.15, 0.2) is 48.5 Å². The first-order chi connectivity index (χ1) is 9.52. The standard InChI is InChI=1S/C15H13NO4/c1-16(12-8-4-2-6-10(12)14(17)18)13-9-5-3-7-11(13)15(19)20/h2-9H,1H3,(H,17,18)(H,19,20). The molecule has 0 aliphatic heterocycles. The van der Waals surface area contributed by atoms with E-state index in [2.05, 4.69) is 0 Å². The molecule has 0 spiro atoms. The lowest BCUT2D eigenvalue weighted by atomic mass is 10.1. The Morgan fingerprint density at radius 1 is 0.800 bits per heavy atom. The quantitative estimate of drug-likeness (QED) is 0.894. The highest BCUT2D eigenvalue weighted by Crippen LogP contribution is 2.29. The fourth-order valence-corrected chi connectivity index (χ4v) is 2.02. The highest BCUT2D eigenvalue weighted by atomic mass is 16.4. The van der Waals surface area contributed by atoms with Gasteiger partial charge in [0.05, 0.1) is 22.5 Å². The van der Waals surface area contributed by atoms with Gasteiger partial charge in [0.1, 0.15) is 0 Å². The second-order valence-corrected chi connectivity index (χ2v) is 4.20. The monoisotopic (exact) mass is 271 g/mol. The van der Waals surface area contributed by atoms with Crippen molar-refractivity contribution < 1.29 is 19.8 Å². The van der Waals surface area contributed by atoms with Crippen LogP contribution in [0.25, 0.3) is 0 Å². The van der Waals surface area contributed by atoms with Gasteiger partial charge in [0.2, 0.25) is 0 Å². The normalized spacial score (nSPS) is 10.1. The molecule has 5 nitrogen and oxygen atoms in total. The first-order valence-corrected chi connectivity index (χ1v) is 5.90. The largest absolute Gasteiger partial charge is 0.478 e. The number of carboxylic acids is 2. The number of para-hydroxylation sites is 2. The molecule has 0 unspecified atom stereocenters. The van der Waals surface area contributed by atoms with Gasteiger partial charge in [-0.05, 0) is 24.3 Å². The smallest absolute Gasteiger partial charge is 0.337 e. The summed E-state index contributed by atoms with van der Waals surface area (Å²) in [5.41, 5.74) is 1.12. The lowest BCUT2D eigenvalue weighted by Gasteiger charge is -2.22. The first-order valence-electron chi connectivity index (χ1n) is 5.90. The van der Waals surface area contributed by atoms with Crippen LogP contribution in [-0.4, -0.2) is 29.2 Å². The molecule has 102 valence electrons. The lowest BCUT2D eigenvalue weighted by Crippen LogP contribution is -2.17. The second-order valence-electron chi connectivity index (χ2n) is 4.20. The Hall–Kier alpha value is -2.82. The number of anilines is 2. The topological polar surface area (TPSA) is 77.8 Å². The van der Waals surface area contributed by atoms with Gasteiger partial charge in [0.25, 0.3) is 0 Å². The number of hydrogen-bond donors (Lipinski definition) is 2. The zero-order chi connectivity index (χ0) is 14.7. The number of benzene rings is 2. The molecule has 0 aliphatic rings. The third kappa shape index (κ3) is 2.47. The van der Waals surface area contributed by atoms with E-state index in [1.165, 1.54) is 12.1 Å². The molecule has 0 aromatic heterocycles. The number of hydrogen-bond acceptors (Lipinski definition) is 3. The summed E-state index contributed by atoms with van der Waals surface area (Å²) in [7, 11) is 1.64. The fourth-order valence-electron chi connectivity index (χ4n) is 2.02. The van der Waals surface area contributed by atoms with Gasteiger partial charge in [-0.25, -0.2) is 9.59 Å². The summed E-state index contributed by atoms with van der Waals surface area (Å²) in [6.07, 6.45) is 0. The Morgan fingerprint density at radius 2 is 1.15 bits per heavy atom. The minimum absolute atomic E-state index is 0.121. The van der Waals surface area contributed by atoms with E-state index in [1.54, 1.807) is 48.3 Å². The molecule has 0 bridgehead atoms. The third-order valence-electron chi connectivity index (χ3n) is 2.99. The first kappa shape index (κ1) is 13.6. The SMILES string of the molecule is CN(c1ccccc1C(=O)O)c1ccccc1C(=O)O. The van der Waals surface area contributed by atoms with Crippen molar-refractivity contribution in [1.29, 1.82) is 0 Å². The molecule has 0 saturated carbocycles. The Kier molecular flexibility index (Phi) is 3.70. The third-order valence-corrected chi connectivity index (χ3v) is 2.99. The van der Waals surface area contributed by atoms with Crippen LogP contribution in [0.5, 0.6) is 0 Å². The van der Waals surface area contributed by atoms with E-state index in [0.29, 0.717) is 11.4 Å². The number of rotatable bonds is 4. The van der Waals surface area contributed by atoms with Crippen molar-refractivity contribution in [1.82, 2.24) is 0 Å². The summed E-state index contributed by atoms with van der Waals surface area (Å²) < 4.78 is 0. The van der Waals surface area contributed by atoms with Crippen molar-refractivity contribution in [2.45, 2.75) is 0 Å². The Balaban J connectivity index is 2.55. The Labute approximate surface area is 115 Å². The molecule has 20 heavy (non-hydrogen) atoms. The predicted molar refractivity (Wildman–Crippen MR) is 74.9 cm³/mol. The number of carboxylic acid groups (broad SMARTS) is 2. The Morgan fingerprint density at radius 3 is 1.50 bits per heavy atom. The van der Waals surface area contributed by atoms with Crippen LogP contribution >= 0.6 is 0 Å². The summed E-state index contributed by atoms with van der Waals surface area (Å²) in [4.78, 5) is 24.0. The van der Waals surface area contributed by atoms with Crippen LogP contribution in [0.1, 0.15) is 20.7 Å². The van der Waals surface area contributed by atoms with Gasteiger partial charge in [-0.15, -0.1) is 0 Å². The van der Waals surface area contributed by atoms with Gasteiger partial charge in [-0.1, -0.05) is 24.3 Å². The molecule has 0 radical (unpaired) electrons.